The Morgan fingerprint density at radius 2 is 1.66 bits per heavy atom. The summed E-state index contributed by atoms with van der Waals surface area (Å²) in [6.07, 6.45) is 1.08. The molecule has 29 heavy (non-hydrogen) atoms. The van der Waals surface area contributed by atoms with Crippen molar-refractivity contribution >= 4 is 40.1 Å². The van der Waals surface area contributed by atoms with Crippen molar-refractivity contribution < 1.29 is 9.90 Å². The third-order valence-corrected chi connectivity index (χ3v) is 5.43. The van der Waals surface area contributed by atoms with Gasteiger partial charge in [0.25, 0.3) is 5.56 Å². The second kappa shape index (κ2) is 7.78. The molecule has 5 nitrogen and oxygen atoms in total. The van der Waals surface area contributed by atoms with E-state index in [1.807, 2.05) is 36.4 Å². The fourth-order valence-corrected chi connectivity index (χ4v) is 3.83. The smallest absolute Gasteiger partial charge is 0.352 e. The summed E-state index contributed by atoms with van der Waals surface area (Å²) in [5.74, 6) is -1.06. The van der Waals surface area contributed by atoms with E-state index in [1.54, 1.807) is 12.1 Å². The van der Waals surface area contributed by atoms with Crippen LogP contribution in [-0.2, 0) is 12.8 Å². The van der Waals surface area contributed by atoms with Gasteiger partial charge in [0.15, 0.2) is 0 Å². The molecule has 0 atom stereocenters. The van der Waals surface area contributed by atoms with Gasteiger partial charge < -0.3 is 15.1 Å². The predicted octanol–water partition coefficient (Wildman–Crippen LogP) is 5.31. The standard InChI is InChI=1S/C22H16Cl2N2O3/c23-15-8-7-12(5-6-14-10-19(22(28)29)25-20(14)24)16(11-15)17-9-13-3-1-2-4-18(13)26-21(17)27/h1-4,7-11,25H,5-6H2,(H,26,27)(H,28,29). The first kappa shape index (κ1) is 19.3. The Morgan fingerprint density at radius 1 is 0.897 bits per heavy atom. The summed E-state index contributed by atoms with van der Waals surface area (Å²) >= 11 is 12.3. The van der Waals surface area contributed by atoms with Crippen LogP contribution in [0.25, 0.3) is 22.0 Å². The van der Waals surface area contributed by atoms with Crippen molar-refractivity contribution in [3.05, 3.63) is 91.9 Å². The van der Waals surface area contributed by atoms with Crippen molar-refractivity contribution in [1.82, 2.24) is 9.97 Å². The lowest BCUT2D eigenvalue weighted by Gasteiger charge is -2.11. The summed E-state index contributed by atoms with van der Waals surface area (Å²) in [6.45, 7) is 0. The number of carbonyl (C=O) groups is 1. The number of aromatic amines is 2. The lowest BCUT2D eigenvalue weighted by molar-refractivity contribution is 0.0691. The summed E-state index contributed by atoms with van der Waals surface area (Å²) in [6, 6.07) is 16.4. The number of benzene rings is 2. The number of aromatic nitrogens is 2. The van der Waals surface area contributed by atoms with Gasteiger partial charge in [-0.1, -0.05) is 47.5 Å². The van der Waals surface area contributed by atoms with Gasteiger partial charge in [-0.3, -0.25) is 4.79 Å². The zero-order valence-corrected chi connectivity index (χ0v) is 16.6. The molecule has 3 N–H and O–H groups in total. The maximum Gasteiger partial charge on any atom is 0.352 e. The van der Waals surface area contributed by atoms with E-state index >= 15 is 0 Å². The number of nitrogens with one attached hydrogen (secondary N) is 2. The first-order valence-electron chi connectivity index (χ1n) is 8.94. The highest BCUT2D eigenvalue weighted by Crippen LogP contribution is 2.28. The predicted molar refractivity (Wildman–Crippen MR) is 115 cm³/mol. The number of aryl methyl sites for hydroxylation is 2. The highest BCUT2D eigenvalue weighted by atomic mass is 35.5. The van der Waals surface area contributed by atoms with E-state index in [2.05, 4.69) is 9.97 Å². The summed E-state index contributed by atoms with van der Waals surface area (Å²) in [7, 11) is 0. The number of para-hydroxylation sites is 1. The lowest BCUT2D eigenvalue weighted by Crippen LogP contribution is -2.10. The second-order valence-electron chi connectivity index (χ2n) is 6.73. The van der Waals surface area contributed by atoms with Crippen LogP contribution in [0.5, 0.6) is 0 Å². The van der Waals surface area contributed by atoms with Gasteiger partial charge in [0, 0.05) is 16.1 Å². The average molecular weight is 427 g/mol. The lowest BCUT2D eigenvalue weighted by atomic mass is 9.95. The maximum absolute atomic E-state index is 12.7. The van der Waals surface area contributed by atoms with E-state index in [4.69, 9.17) is 28.3 Å². The van der Waals surface area contributed by atoms with E-state index in [9.17, 15) is 9.59 Å². The Bertz CT molecular complexity index is 1290. The molecular formula is C22H16Cl2N2O3. The molecule has 0 unspecified atom stereocenters. The summed E-state index contributed by atoms with van der Waals surface area (Å²) in [5.41, 5.74) is 3.53. The van der Waals surface area contributed by atoms with Crippen LogP contribution in [0.3, 0.4) is 0 Å². The van der Waals surface area contributed by atoms with E-state index < -0.39 is 5.97 Å². The maximum atomic E-state index is 12.7. The van der Waals surface area contributed by atoms with E-state index in [0.717, 1.165) is 22.0 Å². The van der Waals surface area contributed by atoms with E-state index in [-0.39, 0.29) is 11.3 Å². The SMILES string of the molecule is O=C(O)c1cc(CCc2ccc(Cl)cc2-c2cc3ccccc3[nH]c2=O)c(Cl)[nH]1. The Balaban J connectivity index is 1.73. The minimum atomic E-state index is -1.06. The van der Waals surface area contributed by atoms with Gasteiger partial charge in [-0.05, 0) is 65.3 Å². The van der Waals surface area contributed by atoms with Crippen molar-refractivity contribution in [3.8, 4) is 11.1 Å². The molecule has 0 aliphatic heterocycles. The summed E-state index contributed by atoms with van der Waals surface area (Å²) < 4.78 is 0. The highest BCUT2D eigenvalue weighted by molar-refractivity contribution is 6.31. The average Bonchev–Trinajstić information content (AvgIpc) is 3.07. The molecule has 0 spiro atoms. The fraction of sp³-hybridized carbons (Fsp3) is 0.0909. The molecule has 4 rings (SSSR count). The Morgan fingerprint density at radius 3 is 2.41 bits per heavy atom. The highest BCUT2D eigenvalue weighted by Gasteiger charge is 2.14. The molecular weight excluding hydrogens is 411 g/mol. The van der Waals surface area contributed by atoms with Crippen LogP contribution < -0.4 is 5.56 Å². The monoisotopic (exact) mass is 426 g/mol. The van der Waals surface area contributed by atoms with Gasteiger partial charge in [-0.2, -0.15) is 0 Å². The van der Waals surface area contributed by atoms with E-state index in [0.29, 0.717) is 34.1 Å². The van der Waals surface area contributed by atoms with Crippen molar-refractivity contribution in [2.24, 2.45) is 0 Å². The molecule has 0 saturated carbocycles. The number of hydrogen-bond acceptors (Lipinski definition) is 2. The molecule has 0 fully saturated rings. The van der Waals surface area contributed by atoms with Crippen molar-refractivity contribution in [1.29, 1.82) is 0 Å². The van der Waals surface area contributed by atoms with Crippen LogP contribution >= 0.6 is 23.2 Å². The Hall–Kier alpha value is -3.02. The number of pyridine rings is 1. The molecule has 2 heterocycles. The number of aromatic carboxylic acids is 1. The third-order valence-electron chi connectivity index (χ3n) is 4.85. The van der Waals surface area contributed by atoms with Crippen LogP contribution in [0.4, 0.5) is 0 Å². The number of halogens is 2. The molecule has 0 radical (unpaired) electrons. The van der Waals surface area contributed by atoms with Gasteiger partial charge >= 0.3 is 5.97 Å². The van der Waals surface area contributed by atoms with Crippen LogP contribution in [0.15, 0.2) is 59.4 Å². The van der Waals surface area contributed by atoms with Gasteiger partial charge in [-0.25, -0.2) is 4.79 Å². The molecule has 0 aliphatic rings. The molecule has 146 valence electrons. The topological polar surface area (TPSA) is 85.9 Å². The zero-order valence-electron chi connectivity index (χ0n) is 15.1. The van der Waals surface area contributed by atoms with Crippen molar-refractivity contribution in [2.75, 3.05) is 0 Å². The Kier molecular flexibility index (Phi) is 5.18. The zero-order chi connectivity index (χ0) is 20.5. The molecule has 2 aromatic heterocycles. The van der Waals surface area contributed by atoms with Crippen LogP contribution in [-0.4, -0.2) is 21.0 Å². The first-order valence-corrected chi connectivity index (χ1v) is 9.69. The molecule has 0 amide bonds. The first-order chi connectivity index (χ1) is 13.9. The van der Waals surface area contributed by atoms with Crippen LogP contribution in [0, 0.1) is 0 Å². The minimum absolute atomic E-state index is 0.0484. The third kappa shape index (κ3) is 3.92. The molecule has 0 aliphatic carbocycles. The molecule has 7 heteroatoms. The van der Waals surface area contributed by atoms with Gasteiger partial charge in [0.05, 0.1) is 0 Å². The molecule has 2 aromatic carbocycles. The van der Waals surface area contributed by atoms with Crippen LogP contribution in [0.2, 0.25) is 10.2 Å². The Labute approximate surface area is 175 Å². The number of carboxylic acid groups (broad SMARTS) is 1. The number of rotatable bonds is 5. The largest absolute Gasteiger partial charge is 0.477 e. The summed E-state index contributed by atoms with van der Waals surface area (Å²) in [5, 5.41) is 10.9. The number of carboxylic acids is 1. The molecule has 0 bridgehead atoms. The van der Waals surface area contributed by atoms with Gasteiger partial charge in [-0.15, -0.1) is 0 Å². The van der Waals surface area contributed by atoms with Gasteiger partial charge in [0.1, 0.15) is 10.8 Å². The normalized spacial score (nSPS) is 11.1. The quantitative estimate of drug-likeness (QED) is 0.403. The number of H-pyrrole nitrogens is 2. The molecule has 0 saturated heterocycles. The van der Waals surface area contributed by atoms with Crippen molar-refractivity contribution in [2.45, 2.75) is 12.8 Å². The molecule has 4 aromatic rings. The minimum Gasteiger partial charge on any atom is -0.477 e. The fourth-order valence-electron chi connectivity index (χ4n) is 3.40. The van der Waals surface area contributed by atoms with Crippen LogP contribution in [0.1, 0.15) is 21.6 Å². The van der Waals surface area contributed by atoms with Gasteiger partial charge in [0.2, 0.25) is 0 Å². The number of fused-ring (bicyclic) bond motifs is 1. The van der Waals surface area contributed by atoms with E-state index in [1.165, 1.54) is 6.07 Å². The van der Waals surface area contributed by atoms with Crippen molar-refractivity contribution in [3.63, 3.8) is 0 Å². The number of hydrogen-bond donors (Lipinski definition) is 3. The summed E-state index contributed by atoms with van der Waals surface area (Å²) in [4.78, 5) is 29.4. The second-order valence-corrected chi connectivity index (χ2v) is 7.54.